The molecule has 0 saturated heterocycles. The lowest BCUT2D eigenvalue weighted by atomic mass is 9.95. The van der Waals surface area contributed by atoms with Crippen molar-refractivity contribution in [1.29, 1.82) is 0 Å². The summed E-state index contributed by atoms with van der Waals surface area (Å²) in [6.45, 7) is 1.35. The number of aromatic carboxylic acids is 1. The van der Waals surface area contributed by atoms with Gasteiger partial charge < -0.3 is 20.5 Å². The van der Waals surface area contributed by atoms with Crippen molar-refractivity contribution in [2.45, 2.75) is 19.5 Å². The number of nitrogens with zero attached hydrogens (tertiary/aromatic N) is 2. The molecule has 10 nitrogen and oxygen atoms in total. The molecule has 1 aliphatic heterocycles. The fourth-order valence-corrected chi connectivity index (χ4v) is 3.87. The minimum Gasteiger partial charge on any atom is -0.476 e. The van der Waals surface area contributed by atoms with Crippen LogP contribution in [-0.4, -0.2) is 39.5 Å². The first-order valence-electron chi connectivity index (χ1n) is 10.3. The highest BCUT2D eigenvalue weighted by Gasteiger charge is 2.34. The number of allylic oxidation sites excluding steroid dienone is 1. The fraction of sp³-hybridized carbons (Fsp3) is 0.174. The Labute approximate surface area is 197 Å². The van der Waals surface area contributed by atoms with Crippen LogP contribution in [0.1, 0.15) is 29.0 Å². The first kappa shape index (κ1) is 23.0. The topological polar surface area (TPSA) is 140 Å². The van der Waals surface area contributed by atoms with E-state index in [0.717, 1.165) is 4.68 Å². The van der Waals surface area contributed by atoms with E-state index in [9.17, 15) is 24.3 Å². The average Bonchev–Trinajstić information content (AvgIpc) is 2.81. The van der Waals surface area contributed by atoms with Crippen molar-refractivity contribution in [3.63, 3.8) is 0 Å². The zero-order valence-corrected chi connectivity index (χ0v) is 18.6. The number of fused-ring (bicyclic) bond motifs is 1. The maximum Gasteiger partial charge on any atom is 0.357 e. The van der Waals surface area contributed by atoms with E-state index >= 15 is 0 Å². The van der Waals surface area contributed by atoms with Crippen LogP contribution in [0.4, 0.5) is 4.79 Å². The Morgan fingerprint density at radius 1 is 1.12 bits per heavy atom. The number of hydrogen-bond acceptors (Lipinski definition) is 6. The molecule has 0 saturated carbocycles. The summed E-state index contributed by atoms with van der Waals surface area (Å²) in [7, 11) is 0. The molecule has 0 radical (unpaired) electrons. The Kier molecular flexibility index (Phi) is 6.33. The molecule has 0 bridgehead atoms. The Morgan fingerprint density at radius 3 is 2.44 bits per heavy atom. The van der Waals surface area contributed by atoms with Gasteiger partial charge in [-0.2, -0.15) is 5.10 Å². The van der Waals surface area contributed by atoms with Crippen LogP contribution >= 0.6 is 11.6 Å². The number of carbonyl (C=O) groups is 3. The summed E-state index contributed by atoms with van der Waals surface area (Å²) in [5, 5.41) is 19.6. The summed E-state index contributed by atoms with van der Waals surface area (Å²) in [4.78, 5) is 50.3. The lowest BCUT2D eigenvalue weighted by molar-refractivity contribution is -0.139. The third kappa shape index (κ3) is 4.35. The van der Waals surface area contributed by atoms with E-state index in [1.807, 2.05) is 0 Å². The van der Waals surface area contributed by atoms with Gasteiger partial charge in [0.25, 0.3) is 5.56 Å². The van der Waals surface area contributed by atoms with Crippen LogP contribution in [0.3, 0.4) is 0 Å². The largest absolute Gasteiger partial charge is 0.476 e. The van der Waals surface area contributed by atoms with Crippen LogP contribution in [0.5, 0.6) is 0 Å². The first-order chi connectivity index (χ1) is 16.3. The number of amides is 2. The molecule has 174 valence electrons. The summed E-state index contributed by atoms with van der Waals surface area (Å²) in [6.07, 6.45) is 0. The number of hydrogen-bond donors (Lipinski definition) is 3. The number of carboxylic acid groups (broad SMARTS) is 1. The molecular weight excluding hydrogens is 464 g/mol. The summed E-state index contributed by atoms with van der Waals surface area (Å²) >= 11 is 5.97. The van der Waals surface area contributed by atoms with Crippen LogP contribution in [0, 0.1) is 0 Å². The van der Waals surface area contributed by atoms with Crippen molar-refractivity contribution in [2.75, 3.05) is 6.61 Å². The number of halogens is 1. The normalized spacial score (nSPS) is 15.6. The number of carboxylic acids is 1. The molecule has 1 aliphatic rings. The van der Waals surface area contributed by atoms with E-state index in [0.29, 0.717) is 10.6 Å². The summed E-state index contributed by atoms with van der Waals surface area (Å²) in [5.74, 6) is -2.03. The Morgan fingerprint density at radius 2 is 1.79 bits per heavy atom. The fourth-order valence-electron chi connectivity index (χ4n) is 3.75. The number of aromatic nitrogens is 2. The Hall–Kier alpha value is -4.18. The van der Waals surface area contributed by atoms with Crippen molar-refractivity contribution < 1.29 is 24.2 Å². The van der Waals surface area contributed by atoms with Gasteiger partial charge in [0.15, 0.2) is 5.69 Å². The smallest absolute Gasteiger partial charge is 0.357 e. The number of benzene rings is 2. The van der Waals surface area contributed by atoms with Crippen LogP contribution in [0.15, 0.2) is 64.6 Å². The molecule has 4 rings (SSSR count). The Bertz CT molecular complexity index is 1400. The SMILES string of the molecule is CCOC(=O)C1=C(Cn2nc(C(=O)O)c3ccccc3c2=O)NC(=O)N[C@@H]1c1ccc(Cl)cc1. The molecular formula is C23H19ClN4O6. The number of urea groups is 1. The second kappa shape index (κ2) is 9.36. The summed E-state index contributed by atoms with van der Waals surface area (Å²) in [5.41, 5.74) is -0.231. The highest BCUT2D eigenvalue weighted by molar-refractivity contribution is 6.30. The van der Waals surface area contributed by atoms with Gasteiger partial charge in [0.1, 0.15) is 0 Å². The zero-order valence-electron chi connectivity index (χ0n) is 17.9. The van der Waals surface area contributed by atoms with Gasteiger partial charge >= 0.3 is 18.0 Å². The highest BCUT2D eigenvalue weighted by atomic mass is 35.5. The lowest BCUT2D eigenvalue weighted by Gasteiger charge is -2.29. The minimum atomic E-state index is -1.32. The highest BCUT2D eigenvalue weighted by Crippen LogP contribution is 2.29. The van der Waals surface area contributed by atoms with Crippen LogP contribution in [-0.2, 0) is 16.1 Å². The third-order valence-corrected chi connectivity index (χ3v) is 5.48. The standard InChI is InChI=1S/C23H19ClN4O6/c1-2-34-22(32)17-16(25-23(33)26-18(17)12-7-9-13(24)10-8-12)11-28-20(29)15-6-4-3-5-14(15)19(27-28)21(30)31/h3-10,18H,2,11H2,1H3,(H,30,31)(H2,25,26,33)/t18-/m1/s1. The van der Waals surface area contributed by atoms with Gasteiger partial charge in [-0.3, -0.25) is 4.79 Å². The minimum absolute atomic E-state index is 0.0579. The molecule has 0 fully saturated rings. The lowest BCUT2D eigenvalue weighted by Crippen LogP contribution is -2.47. The van der Waals surface area contributed by atoms with Crippen molar-refractivity contribution in [1.82, 2.24) is 20.4 Å². The van der Waals surface area contributed by atoms with Crippen molar-refractivity contribution in [2.24, 2.45) is 0 Å². The molecule has 1 atom stereocenters. The van der Waals surface area contributed by atoms with Crippen LogP contribution < -0.4 is 16.2 Å². The van der Waals surface area contributed by atoms with Gasteiger partial charge in [-0.25, -0.2) is 19.1 Å². The molecule has 2 amide bonds. The zero-order chi connectivity index (χ0) is 24.4. The van der Waals surface area contributed by atoms with Crippen LogP contribution in [0.2, 0.25) is 5.02 Å². The molecule has 34 heavy (non-hydrogen) atoms. The van der Waals surface area contributed by atoms with E-state index in [1.54, 1.807) is 43.3 Å². The van der Waals surface area contributed by atoms with Gasteiger partial charge in [0.2, 0.25) is 0 Å². The molecule has 0 unspecified atom stereocenters. The van der Waals surface area contributed by atoms with Crippen molar-refractivity contribution >= 4 is 40.3 Å². The number of carbonyl (C=O) groups excluding carboxylic acids is 2. The molecule has 3 N–H and O–H groups in total. The van der Waals surface area contributed by atoms with Crippen molar-refractivity contribution in [3.8, 4) is 0 Å². The first-order valence-corrected chi connectivity index (χ1v) is 10.6. The van der Waals surface area contributed by atoms with Gasteiger partial charge in [-0.15, -0.1) is 0 Å². The maximum absolute atomic E-state index is 13.1. The molecule has 1 aromatic heterocycles. The predicted octanol–water partition coefficient (Wildman–Crippen LogP) is 2.62. The summed E-state index contributed by atoms with van der Waals surface area (Å²) < 4.78 is 6.11. The molecule has 2 heterocycles. The molecule has 11 heteroatoms. The quantitative estimate of drug-likeness (QED) is 0.459. The number of nitrogens with one attached hydrogen (secondary N) is 2. The van der Waals surface area contributed by atoms with Gasteiger partial charge in [-0.05, 0) is 30.7 Å². The monoisotopic (exact) mass is 482 g/mol. The summed E-state index contributed by atoms with van der Waals surface area (Å²) in [6, 6.07) is 11.2. The second-order valence-electron chi connectivity index (χ2n) is 7.36. The van der Waals surface area contributed by atoms with E-state index in [4.69, 9.17) is 16.3 Å². The number of rotatable bonds is 6. The van der Waals surface area contributed by atoms with Gasteiger partial charge in [0.05, 0.1) is 35.8 Å². The van der Waals surface area contributed by atoms with Crippen molar-refractivity contribution in [3.05, 3.63) is 86.4 Å². The van der Waals surface area contributed by atoms with Gasteiger partial charge in [-0.1, -0.05) is 41.9 Å². The molecule has 3 aromatic rings. The predicted molar refractivity (Wildman–Crippen MR) is 122 cm³/mol. The van der Waals surface area contributed by atoms with E-state index < -0.39 is 29.6 Å². The Balaban J connectivity index is 1.89. The van der Waals surface area contributed by atoms with Gasteiger partial charge in [0, 0.05) is 10.4 Å². The average molecular weight is 483 g/mol. The number of ether oxygens (including phenoxy) is 1. The maximum atomic E-state index is 13.1. The molecule has 2 aromatic carbocycles. The van der Waals surface area contributed by atoms with E-state index in [1.165, 1.54) is 12.1 Å². The molecule has 0 aliphatic carbocycles. The second-order valence-corrected chi connectivity index (χ2v) is 7.79. The third-order valence-electron chi connectivity index (χ3n) is 5.23. The number of esters is 1. The molecule has 0 spiro atoms. The van der Waals surface area contributed by atoms with E-state index in [2.05, 4.69) is 15.7 Å². The van der Waals surface area contributed by atoms with Crippen LogP contribution in [0.25, 0.3) is 10.8 Å². The van der Waals surface area contributed by atoms with E-state index in [-0.39, 0.29) is 40.9 Å².